The Kier molecular flexibility index (Phi) is 9.65. The topological polar surface area (TPSA) is 153 Å². The van der Waals surface area contributed by atoms with Gasteiger partial charge in [-0.1, -0.05) is 37.3 Å². The van der Waals surface area contributed by atoms with Crippen LogP contribution in [0.2, 0.25) is 0 Å². The molecule has 10 nitrogen and oxygen atoms in total. The smallest absolute Gasteiger partial charge is 0.410 e. The van der Waals surface area contributed by atoms with E-state index in [1.165, 1.54) is 11.0 Å². The van der Waals surface area contributed by atoms with E-state index in [2.05, 4.69) is 10.3 Å². The predicted molar refractivity (Wildman–Crippen MR) is 143 cm³/mol. The van der Waals surface area contributed by atoms with E-state index in [1.54, 1.807) is 18.2 Å². The second kappa shape index (κ2) is 13.1. The van der Waals surface area contributed by atoms with E-state index in [0.29, 0.717) is 43.6 Å². The lowest BCUT2D eigenvalue weighted by molar-refractivity contribution is -0.121. The fraction of sp³-hybridized carbons (Fsp3) is 0.333. The number of fused-ring (bicyclic) bond motifs is 1. The van der Waals surface area contributed by atoms with E-state index in [-0.39, 0.29) is 12.6 Å². The Morgan fingerprint density at radius 2 is 1.89 bits per heavy atom. The number of hydrogen-bond donors (Lipinski definition) is 3. The number of nitrogens with zero attached hydrogens (tertiary/aromatic N) is 2. The molecule has 0 fully saturated rings. The van der Waals surface area contributed by atoms with Gasteiger partial charge in [-0.2, -0.15) is 0 Å². The van der Waals surface area contributed by atoms with Crippen molar-refractivity contribution in [1.82, 2.24) is 4.90 Å². The zero-order chi connectivity index (χ0) is 26.8. The number of nitrogens with two attached hydrogens (primary N) is 2. The summed E-state index contributed by atoms with van der Waals surface area (Å²) < 4.78 is 10.8. The quantitative estimate of drug-likeness (QED) is 0.155. The molecule has 196 valence electrons. The molecule has 0 aliphatic carbocycles. The van der Waals surface area contributed by atoms with Crippen molar-refractivity contribution in [2.75, 3.05) is 18.4 Å². The van der Waals surface area contributed by atoms with Crippen LogP contribution in [-0.2, 0) is 16.1 Å². The first-order valence-electron chi connectivity index (χ1n) is 12.2. The van der Waals surface area contributed by atoms with Crippen molar-refractivity contribution in [3.63, 3.8) is 0 Å². The fourth-order valence-electron chi connectivity index (χ4n) is 3.97. The summed E-state index contributed by atoms with van der Waals surface area (Å²) in [7, 11) is 0. The van der Waals surface area contributed by atoms with Crippen LogP contribution in [0, 0.1) is 6.92 Å². The Labute approximate surface area is 215 Å². The van der Waals surface area contributed by atoms with Crippen LogP contribution in [0.25, 0.3) is 11.0 Å². The molecule has 1 atom stereocenters. The molecule has 10 heteroatoms. The fourth-order valence-corrected chi connectivity index (χ4v) is 3.97. The van der Waals surface area contributed by atoms with Crippen molar-refractivity contribution in [3.8, 4) is 0 Å². The van der Waals surface area contributed by atoms with Crippen LogP contribution in [-0.4, -0.2) is 42.0 Å². The number of carbonyl (C=O) groups is 2. The van der Waals surface area contributed by atoms with Gasteiger partial charge in [-0.25, -0.2) is 9.59 Å². The molecule has 1 heterocycles. The van der Waals surface area contributed by atoms with Crippen LogP contribution < -0.4 is 22.4 Å². The Bertz CT molecular complexity index is 1300. The lowest BCUT2D eigenvalue weighted by atomic mass is 10.1. The normalized spacial score (nSPS) is 11.5. The molecular formula is C27H33N5O5. The highest BCUT2D eigenvalue weighted by Crippen LogP contribution is 2.22. The molecule has 3 rings (SSSR count). The molecule has 0 bridgehead atoms. The molecule has 0 aliphatic heterocycles. The lowest BCUT2D eigenvalue weighted by Gasteiger charge is -2.30. The lowest BCUT2D eigenvalue weighted by Crippen LogP contribution is -2.48. The van der Waals surface area contributed by atoms with Crippen molar-refractivity contribution < 1.29 is 18.7 Å². The third kappa shape index (κ3) is 7.83. The van der Waals surface area contributed by atoms with E-state index < -0.39 is 23.7 Å². The van der Waals surface area contributed by atoms with Gasteiger partial charge in [0.05, 0.1) is 0 Å². The molecule has 1 aromatic heterocycles. The summed E-state index contributed by atoms with van der Waals surface area (Å²) in [5, 5.41) is 3.62. The number of guanidine groups is 1. The number of benzene rings is 2. The third-order valence-electron chi connectivity index (χ3n) is 5.73. The number of carbonyl (C=O) groups excluding carboxylic acids is 2. The summed E-state index contributed by atoms with van der Waals surface area (Å²) in [6.07, 6.45) is 0.810. The minimum absolute atomic E-state index is 0.0402. The Morgan fingerprint density at radius 1 is 1.14 bits per heavy atom. The molecule has 0 saturated carbocycles. The highest BCUT2D eigenvalue weighted by molar-refractivity contribution is 5.98. The molecule has 0 unspecified atom stereocenters. The maximum absolute atomic E-state index is 13.5. The summed E-state index contributed by atoms with van der Waals surface area (Å²) in [5.41, 5.74) is 12.8. The molecule has 5 N–H and O–H groups in total. The van der Waals surface area contributed by atoms with Crippen molar-refractivity contribution in [3.05, 3.63) is 76.1 Å². The van der Waals surface area contributed by atoms with Crippen molar-refractivity contribution in [2.24, 2.45) is 16.5 Å². The van der Waals surface area contributed by atoms with E-state index >= 15 is 0 Å². The molecule has 37 heavy (non-hydrogen) atoms. The number of ether oxygens (including phenoxy) is 1. The first-order chi connectivity index (χ1) is 17.8. The Hall–Kier alpha value is -4.34. The molecule has 0 saturated heterocycles. The van der Waals surface area contributed by atoms with Crippen LogP contribution in [0.15, 0.2) is 68.8 Å². The first-order valence-corrected chi connectivity index (χ1v) is 12.2. The first kappa shape index (κ1) is 27.3. The number of rotatable bonds is 11. The summed E-state index contributed by atoms with van der Waals surface area (Å²) in [4.78, 5) is 43.8. The van der Waals surface area contributed by atoms with Gasteiger partial charge in [0.2, 0.25) is 5.91 Å². The minimum Gasteiger partial charge on any atom is -0.445 e. The summed E-state index contributed by atoms with van der Waals surface area (Å²) in [6.45, 7) is 4.45. The number of aryl methyl sites for hydroxylation is 1. The Balaban J connectivity index is 1.82. The van der Waals surface area contributed by atoms with Gasteiger partial charge in [0.1, 0.15) is 18.2 Å². The zero-order valence-corrected chi connectivity index (χ0v) is 21.1. The number of aliphatic imine (C=N–C) groups is 1. The summed E-state index contributed by atoms with van der Waals surface area (Å²) >= 11 is 0. The van der Waals surface area contributed by atoms with E-state index in [9.17, 15) is 14.4 Å². The van der Waals surface area contributed by atoms with Gasteiger partial charge < -0.3 is 25.9 Å². The van der Waals surface area contributed by atoms with Crippen molar-refractivity contribution in [2.45, 2.75) is 45.8 Å². The third-order valence-corrected chi connectivity index (χ3v) is 5.73. The maximum atomic E-state index is 13.5. The van der Waals surface area contributed by atoms with E-state index in [0.717, 1.165) is 16.5 Å². The largest absolute Gasteiger partial charge is 0.445 e. The van der Waals surface area contributed by atoms with Gasteiger partial charge in [-0.15, -0.1) is 0 Å². The molecule has 0 spiro atoms. The molecule has 2 amide bonds. The number of anilines is 1. The van der Waals surface area contributed by atoms with Crippen molar-refractivity contribution in [1.29, 1.82) is 0 Å². The Morgan fingerprint density at radius 3 is 2.59 bits per heavy atom. The van der Waals surface area contributed by atoms with Gasteiger partial charge in [0.15, 0.2) is 5.96 Å². The summed E-state index contributed by atoms with van der Waals surface area (Å²) in [5.74, 6) is -0.439. The average molecular weight is 508 g/mol. The zero-order valence-electron chi connectivity index (χ0n) is 21.1. The van der Waals surface area contributed by atoms with E-state index in [4.69, 9.17) is 20.6 Å². The maximum Gasteiger partial charge on any atom is 0.410 e. The average Bonchev–Trinajstić information content (AvgIpc) is 2.86. The van der Waals surface area contributed by atoms with Crippen LogP contribution >= 0.6 is 0 Å². The second-order valence-electron chi connectivity index (χ2n) is 8.65. The van der Waals surface area contributed by atoms with Crippen LogP contribution in [0.1, 0.15) is 37.3 Å². The van der Waals surface area contributed by atoms with Crippen molar-refractivity contribution >= 4 is 34.6 Å². The van der Waals surface area contributed by atoms with Crippen LogP contribution in [0.3, 0.4) is 0 Å². The van der Waals surface area contributed by atoms with E-state index in [1.807, 2.05) is 44.2 Å². The molecule has 3 aromatic rings. The number of hydrogen-bond acceptors (Lipinski definition) is 6. The van der Waals surface area contributed by atoms with Gasteiger partial charge in [0, 0.05) is 36.3 Å². The van der Waals surface area contributed by atoms with Gasteiger partial charge >= 0.3 is 11.7 Å². The molecule has 2 aromatic carbocycles. The highest BCUT2D eigenvalue weighted by atomic mass is 16.6. The minimum atomic E-state index is -0.836. The highest BCUT2D eigenvalue weighted by Gasteiger charge is 2.30. The summed E-state index contributed by atoms with van der Waals surface area (Å²) in [6, 6.07) is 15.0. The standard InChI is InChI=1S/C27H33N5O5/c1-3-14-32(27(35)36-17-19-8-5-4-6-9-19)22(10-7-13-30-26(28)29)25(34)31-20-11-12-21-18(2)15-24(33)37-23(21)16-20/h4-6,8-9,11-12,15-16,22H,3,7,10,13-14,17H2,1-2H3,(H,31,34)(H4,28,29,30)/t22-/m0/s1. The van der Waals surface area contributed by atoms with Crippen LogP contribution in [0.4, 0.5) is 10.5 Å². The number of amides is 2. The monoisotopic (exact) mass is 507 g/mol. The number of nitrogens with one attached hydrogen (secondary N) is 1. The predicted octanol–water partition coefficient (Wildman–Crippen LogP) is 3.51. The molecule has 0 aliphatic rings. The van der Waals surface area contributed by atoms with Gasteiger partial charge in [0.25, 0.3) is 0 Å². The molecular weight excluding hydrogens is 474 g/mol. The van der Waals surface area contributed by atoms with Gasteiger partial charge in [-0.3, -0.25) is 14.7 Å². The SMILES string of the molecule is CCCN(C(=O)OCc1ccccc1)[C@@H](CCCN=C(N)N)C(=O)Nc1ccc2c(C)cc(=O)oc2c1. The second-order valence-corrected chi connectivity index (χ2v) is 8.65. The van der Waals surface area contributed by atoms with Crippen LogP contribution in [0.5, 0.6) is 0 Å². The van der Waals surface area contributed by atoms with Gasteiger partial charge in [-0.05, 0) is 49.4 Å². The molecule has 0 radical (unpaired) electrons.